The van der Waals surface area contributed by atoms with Gasteiger partial charge in [0.25, 0.3) is 0 Å². The summed E-state index contributed by atoms with van der Waals surface area (Å²) in [4.78, 5) is 26.2. The molecular weight excluding hydrogens is 192 g/mol. The predicted octanol–water partition coefficient (Wildman–Crippen LogP) is 0.419. The number of carbonyl (C=O) groups excluding carboxylic acids is 2. The second-order valence-corrected chi connectivity index (χ2v) is 3.60. The van der Waals surface area contributed by atoms with Crippen LogP contribution in [0.4, 0.5) is 0 Å². The van der Waals surface area contributed by atoms with Crippen molar-refractivity contribution in [1.29, 1.82) is 0 Å². The van der Waals surface area contributed by atoms with Gasteiger partial charge in [-0.25, -0.2) is 0 Å². The van der Waals surface area contributed by atoms with Gasteiger partial charge in [-0.2, -0.15) is 0 Å². The number of piperazine rings is 1. The predicted molar refractivity (Wildman–Crippen MR) is 58.2 cm³/mol. The summed E-state index contributed by atoms with van der Waals surface area (Å²) in [6.45, 7) is 11.0. The number of amides is 2. The molecule has 15 heavy (non-hydrogen) atoms. The average molecular weight is 208 g/mol. The molecule has 1 saturated heterocycles. The van der Waals surface area contributed by atoms with Gasteiger partial charge in [-0.15, -0.1) is 0 Å². The van der Waals surface area contributed by atoms with Gasteiger partial charge in [0.15, 0.2) is 0 Å². The minimum absolute atomic E-state index is 0.0271. The van der Waals surface area contributed by atoms with Gasteiger partial charge in [0.05, 0.1) is 0 Å². The van der Waals surface area contributed by atoms with E-state index in [2.05, 4.69) is 13.2 Å². The molecule has 0 N–H and O–H groups in total. The number of hydrogen-bond acceptors (Lipinski definition) is 2. The molecule has 0 aromatic heterocycles. The Hall–Kier alpha value is -1.58. The molecule has 0 aliphatic carbocycles. The van der Waals surface area contributed by atoms with E-state index in [1.807, 2.05) is 0 Å². The number of carbonyl (C=O) groups is 2. The maximum atomic E-state index is 11.5. The summed E-state index contributed by atoms with van der Waals surface area (Å²) in [5.74, 6) is -0.0990. The molecule has 1 aliphatic rings. The molecule has 1 rings (SSSR count). The lowest BCUT2D eigenvalue weighted by Gasteiger charge is -2.34. The highest BCUT2D eigenvalue weighted by molar-refractivity contribution is 5.92. The third-order valence-electron chi connectivity index (χ3n) is 2.42. The SMILES string of the molecule is C=CC(=O)N1CCN(C(=O)C(=C)C)CC1. The lowest BCUT2D eigenvalue weighted by atomic mass is 10.2. The Morgan fingerprint density at radius 1 is 1.13 bits per heavy atom. The molecule has 4 nitrogen and oxygen atoms in total. The van der Waals surface area contributed by atoms with Crippen LogP contribution >= 0.6 is 0 Å². The summed E-state index contributed by atoms with van der Waals surface area (Å²) in [7, 11) is 0. The summed E-state index contributed by atoms with van der Waals surface area (Å²) in [6.07, 6.45) is 1.30. The van der Waals surface area contributed by atoms with Gasteiger partial charge in [-0.1, -0.05) is 13.2 Å². The zero-order valence-corrected chi connectivity index (χ0v) is 9.03. The van der Waals surface area contributed by atoms with Crippen molar-refractivity contribution in [2.24, 2.45) is 0 Å². The third kappa shape index (κ3) is 2.68. The average Bonchev–Trinajstić information content (AvgIpc) is 2.27. The molecule has 0 bridgehead atoms. The van der Waals surface area contributed by atoms with E-state index in [-0.39, 0.29) is 11.8 Å². The van der Waals surface area contributed by atoms with Crippen LogP contribution in [0.2, 0.25) is 0 Å². The third-order valence-corrected chi connectivity index (χ3v) is 2.42. The lowest BCUT2D eigenvalue weighted by molar-refractivity contribution is -0.134. The Morgan fingerprint density at radius 2 is 1.60 bits per heavy atom. The maximum absolute atomic E-state index is 11.5. The zero-order chi connectivity index (χ0) is 11.4. The van der Waals surface area contributed by atoms with Crippen molar-refractivity contribution >= 4 is 11.8 Å². The van der Waals surface area contributed by atoms with E-state index in [1.165, 1.54) is 6.08 Å². The number of rotatable bonds is 2. The first-order valence-electron chi connectivity index (χ1n) is 4.92. The van der Waals surface area contributed by atoms with Crippen LogP contribution in [0, 0.1) is 0 Å². The minimum Gasteiger partial charge on any atom is -0.336 e. The van der Waals surface area contributed by atoms with Crippen LogP contribution < -0.4 is 0 Å². The van der Waals surface area contributed by atoms with Gasteiger partial charge in [-0.3, -0.25) is 9.59 Å². The summed E-state index contributed by atoms with van der Waals surface area (Å²) >= 11 is 0. The molecule has 0 unspecified atom stereocenters. The molecule has 0 saturated carbocycles. The summed E-state index contributed by atoms with van der Waals surface area (Å²) in [6, 6.07) is 0. The van der Waals surface area contributed by atoms with E-state index < -0.39 is 0 Å². The molecular formula is C11H16N2O2. The highest BCUT2D eigenvalue weighted by atomic mass is 16.2. The first-order valence-corrected chi connectivity index (χ1v) is 4.92. The molecule has 0 atom stereocenters. The second kappa shape index (κ2) is 4.77. The van der Waals surface area contributed by atoms with Gasteiger partial charge < -0.3 is 9.80 Å². The van der Waals surface area contributed by atoms with Crippen LogP contribution in [0.25, 0.3) is 0 Å². The van der Waals surface area contributed by atoms with E-state index in [0.29, 0.717) is 31.8 Å². The molecule has 1 heterocycles. The summed E-state index contributed by atoms with van der Waals surface area (Å²) in [5, 5.41) is 0. The molecule has 0 aromatic rings. The van der Waals surface area contributed by atoms with Crippen molar-refractivity contribution in [3.05, 3.63) is 24.8 Å². The molecule has 1 aliphatic heterocycles. The highest BCUT2D eigenvalue weighted by Crippen LogP contribution is 2.06. The Kier molecular flexibility index (Phi) is 3.66. The molecule has 0 aromatic carbocycles. The smallest absolute Gasteiger partial charge is 0.249 e. The van der Waals surface area contributed by atoms with E-state index in [4.69, 9.17) is 0 Å². The van der Waals surface area contributed by atoms with Crippen molar-refractivity contribution in [3.63, 3.8) is 0 Å². The van der Waals surface area contributed by atoms with Crippen LogP contribution in [0.15, 0.2) is 24.8 Å². The number of hydrogen-bond donors (Lipinski definition) is 0. The summed E-state index contributed by atoms with van der Waals surface area (Å²) in [5.41, 5.74) is 0.540. The fourth-order valence-corrected chi connectivity index (χ4v) is 1.53. The molecule has 0 spiro atoms. The van der Waals surface area contributed by atoms with E-state index >= 15 is 0 Å². The first-order chi connectivity index (χ1) is 7.06. The molecule has 1 fully saturated rings. The van der Waals surface area contributed by atoms with Gasteiger partial charge in [0, 0.05) is 31.8 Å². The molecule has 4 heteroatoms. The second-order valence-electron chi connectivity index (χ2n) is 3.60. The lowest BCUT2D eigenvalue weighted by Crippen LogP contribution is -2.50. The van der Waals surface area contributed by atoms with Crippen molar-refractivity contribution in [2.45, 2.75) is 6.92 Å². The highest BCUT2D eigenvalue weighted by Gasteiger charge is 2.22. The number of nitrogens with zero attached hydrogens (tertiary/aromatic N) is 2. The van der Waals surface area contributed by atoms with Crippen LogP contribution in [0.3, 0.4) is 0 Å². The quantitative estimate of drug-likeness (QED) is 0.617. The Bertz CT molecular complexity index is 302. The largest absolute Gasteiger partial charge is 0.336 e. The van der Waals surface area contributed by atoms with Gasteiger partial charge in [0.2, 0.25) is 11.8 Å². The zero-order valence-electron chi connectivity index (χ0n) is 9.03. The van der Waals surface area contributed by atoms with Crippen LogP contribution in [0.1, 0.15) is 6.92 Å². The van der Waals surface area contributed by atoms with Crippen molar-refractivity contribution in [2.75, 3.05) is 26.2 Å². The van der Waals surface area contributed by atoms with Crippen LogP contribution in [-0.4, -0.2) is 47.8 Å². The summed E-state index contributed by atoms with van der Waals surface area (Å²) < 4.78 is 0. The van der Waals surface area contributed by atoms with E-state index in [1.54, 1.807) is 16.7 Å². The van der Waals surface area contributed by atoms with Crippen LogP contribution in [-0.2, 0) is 9.59 Å². The Morgan fingerprint density at radius 3 is 2.00 bits per heavy atom. The monoisotopic (exact) mass is 208 g/mol. The van der Waals surface area contributed by atoms with E-state index in [0.717, 1.165) is 0 Å². The van der Waals surface area contributed by atoms with Gasteiger partial charge in [0.1, 0.15) is 0 Å². The fourth-order valence-electron chi connectivity index (χ4n) is 1.53. The maximum Gasteiger partial charge on any atom is 0.249 e. The topological polar surface area (TPSA) is 40.6 Å². The molecule has 82 valence electrons. The molecule has 2 amide bonds. The van der Waals surface area contributed by atoms with Crippen LogP contribution in [0.5, 0.6) is 0 Å². The van der Waals surface area contributed by atoms with E-state index in [9.17, 15) is 9.59 Å². The van der Waals surface area contributed by atoms with Crippen molar-refractivity contribution < 1.29 is 9.59 Å². The van der Waals surface area contributed by atoms with Gasteiger partial charge >= 0.3 is 0 Å². The standard InChI is InChI=1S/C11H16N2O2/c1-4-10(14)12-5-7-13(8-6-12)11(15)9(2)3/h4H,1-2,5-8H2,3H3. The molecule has 0 radical (unpaired) electrons. The van der Waals surface area contributed by atoms with Crippen molar-refractivity contribution in [3.8, 4) is 0 Å². The van der Waals surface area contributed by atoms with Crippen molar-refractivity contribution in [1.82, 2.24) is 9.80 Å². The normalized spacial score (nSPS) is 16.1. The minimum atomic E-state index is -0.0718. The van der Waals surface area contributed by atoms with Gasteiger partial charge in [-0.05, 0) is 13.0 Å². The Balaban J connectivity index is 2.49. The Labute approximate surface area is 89.8 Å². The fraction of sp³-hybridized carbons (Fsp3) is 0.455. The first kappa shape index (κ1) is 11.5.